The molecule has 0 aliphatic carbocycles. The third kappa shape index (κ3) is 4.02. The van der Waals surface area contributed by atoms with Crippen LogP contribution < -0.4 is 14.3 Å². The molecule has 0 atom stereocenters. The first-order valence-corrected chi connectivity index (χ1v) is 12.8. The van der Waals surface area contributed by atoms with Crippen LogP contribution in [-0.4, -0.2) is 50.5 Å². The van der Waals surface area contributed by atoms with E-state index in [2.05, 4.69) is 4.99 Å². The molecule has 2 aromatic heterocycles. The van der Waals surface area contributed by atoms with E-state index in [4.69, 9.17) is 9.47 Å². The van der Waals surface area contributed by atoms with Crippen LogP contribution in [0.3, 0.4) is 0 Å². The van der Waals surface area contributed by atoms with Crippen LogP contribution in [0.4, 0.5) is 0 Å². The summed E-state index contributed by atoms with van der Waals surface area (Å²) < 4.78 is 40.7. The number of piperidine rings is 1. The first kappa shape index (κ1) is 22.0. The molecule has 0 bridgehead atoms. The quantitative estimate of drug-likeness (QED) is 0.559. The summed E-state index contributed by atoms with van der Waals surface area (Å²) in [6.45, 7) is 0.624. The molecule has 3 heterocycles. The van der Waals surface area contributed by atoms with Crippen molar-refractivity contribution in [1.82, 2.24) is 8.87 Å². The van der Waals surface area contributed by atoms with Gasteiger partial charge in [-0.05, 0) is 36.4 Å². The van der Waals surface area contributed by atoms with Crippen LogP contribution in [0, 0.1) is 5.92 Å². The number of benzene rings is 1. The van der Waals surface area contributed by atoms with Crippen LogP contribution >= 0.6 is 22.7 Å². The maximum Gasteiger partial charge on any atom is 0.252 e. The van der Waals surface area contributed by atoms with Crippen LogP contribution in [0.1, 0.15) is 12.8 Å². The van der Waals surface area contributed by atoms with E-state index in [1.165, 1.54) is 27.0 Å². The molecular formula is C20H23N3O5S3. The molecule has 1 amide bonds. The number of amides is 1. The van der Waals surface area contributed by atoms with Crippen molar-refractivity contribution in [3.8, 4) is 11.5 Å². The molecule has 31 heavy (non-hydrogen) atoms. The van der Waals surface area contributed by atoms with Crippen molar-refractivity contribution in [2.45, 2.75) is 17.1 Å². The van der Waals surface area contributed by atoms with Gasteiger partial charge >= 0.3 is 0 Å². The molecule has 1 saturated heterocycles. The highest BCUT2D eigenvalue weighted by atomic mass is 32.2. The first-order chi connectivity index (χ1) is 14.9. The van der Waals surface area contributed by atoms with E-state index < -0.39 is 10.0 Å². The lowest BCUT2D eigenvalue weighted by atomic mass is 9.98. The largest absolute Gasteiger partial charge is 0.495 e. The SMILES string of the molecule is COc1ccc(OC)c2c1sc(=NC(=O)C1CCN(S(=O)(=O)c3cccs3)CC1)n2C. The number of thiazole rings is 1. The van der Waals surface area contributed by atoms with Gasteiger partial charge in [-0.3, -0.25) is 4.79 Å². The van der Waals surface area contributed by atoms with E-state index >= 15 is 0 Å². The zero-order valence-corrected chi connectivity index (χ0v) is 19.8. The van der Waals surface area contributed by atoms with E-state index in [0.29, 0.717) is 46.4 Å². The van der Waals surface area contributed by atoms with Gasteiger partial charge in [-0.15, -0.1) is 11.3 Å². The summed E-state index contributed by atoms with van der Waals surface area (Å²) in [6.07, 6.45) is 0.905. The monoisotopic (exact) mass is 481 g/mol. The van der Waals surface area contributed by atoms with Gasteiger partial charge in [0.25, 0.3) is 15.9 Å². The summed E-state index contributed by atoms with van der Waals surface area (Å²) in [5.74, 6) is 0.838. The number of carbonyl (C=O) groups is 1. The minimum absolute atomic E-state index is 0.228. The number of fused-ring (bicyclic) bond motifs is 1. The number of aryl methyl sites for hydroxylation is 1. The number of sulfonamides is 1. The summed E-state index contributed by atoms with van der Waals surface area (Å²) in [4.78, 5) is 17.8. The van der Waals surface area contributed by atoms with Crippen LogP contribution in [0.2, 0.25) is 0 Å². The van der Waals surface area contributed by atoms with Crippen molar-refractivity contribution in [1.29, 1.82) is 0 Å². The Morgan fingerprint density at radius 3 is 2.42 bits per heavy atom. The zero-order valence-electron chi connectivity index (χ0n) is 17.4. The van der Waals surface area contributed by atoms with Gasteiger partial charge < -0.3 is 14.0 Å². The Morgan fingerprint density at radius 1 is 1.13 bits per heavy atom. The Balaban J connectivity index is 1.56. The number of aromatic nitrogens is 1. The van der Waals surface area contributed by atoms with Gasteiger partial charge in [0.1, 0.15) is 25.9 Å². The summed E-state index contributed by atoms with van der Waals surface area (Å²) >= 11 is 2.57. The molecule has 0 unspecified atom stereocenters. The van der Waals surface area contributed by atoms with Crippen molar-refractivity contribution in [3.05, 3.63) is 34.4 Å². The van der Waals surface area contributed by atoms with Gasteiger partial charge in [-0.1, -0.05) is 17.4 Å². The van der Waals surface area contributed by atoms with Crippen LogP contribution in [0.5, 0.6) is 11.5 Å². The molecule has 3 aromatic rings. The smallest absolute Gasteiger partial charge is 0.252 e. The molecule has 8 nitrogen and oxygen atoms in total. The topological polar surface area (TPSA) is 90.2 Å². The molecule has 0 N–H and O–H groups in total. The minimum Gasteiger partial charge on any atom is -0.495 e. The standard InChI is InChI=1S/C20H23N3O5S3/c1-22-17-14(27-2)6-7-15(28-3)18(17)30-20(22)21-19(24)13-8-10-23(11-9-13)31(25,26)16-5-4-12-29-16/h4-7,12-13H,8-11H2,1-3H3. The average molecular weight is 482 g/mol. The normalized spacial score (nSPS) is 16.7. The van der Waals surface area contributed by atoms with Crippen LogP contribution in [-0.2, 0) is 21.9 Å². The highest BCUT2D eigenvalue weighted by Gasteiger charge is 2.32. The van der Waals surface area contributed by atoms with Crippen molar-refractivity contribution in [2.24, 2.45) is 18.0 Å². The number of hydrogen-bond donors (Lipinski definition) is 0. The second-order valence-corrected chi connectivity index (χ2v) is 11.2. The lowest BCUT2D eigenvalue weighted by molar-refractivity contribution is -0.122. The molecule has 1 aromatic carbocycles. The van der Waals surface area contributed by atoms with E-state index in [1.54, 1.807) is 31.7 Å². The van der Waals surface area contributed by atoms with E-state index in [-0.39, 0.29) is 11.8 Å². The Bertz CT molecular complexity index is 1270. The molecule has 1 aliphatic heterocycles. The third-order valence-electron chi connectivity index (χ3n) is 5.41. The molecule has 11 heteroatoms. The Labute approximate surface area is 188 Å². The van der Waals surface area contributed by atoms with Crippen molar-refractivity contribution in [2.75, 3.05) is 27.3 Å². The number of thiophene rings is 1. The predicted molar refractivity (Wildman–Crippen MR) is 120 cm³/mol. The number of methoxy groups -OCH3 is 2. The van der Waals surface area contributed by atoms with E-state index in [9.17, 15) is 13.2 Å². The summed E-state index contributed by atoms with van der Waals surface area (Å²) in [5, 5.41) is 1.75. The number of hydrogen-bond acceptors (Lipinski definition) is 7. The fourth-order valence-corrected chi connectivity index (χ4v) is 7.44. The maximum atomic E-state index is 12.9. The maximum absolute atomic E-state index is 12.9. The molecule has 4 rings (SSSR count). The van der Waals surface area contributed by atoms with E-state index in [1.807, 2.05) is 23.7 Å². The summed E-state index contributed by atoms with van der Waals surface area (Å²) in [6, 6.07) is 6.98. The predicted octanol–water partition coefficient (Wildman–Crippen LogP) is 2.85. The highest BCUT2D eigenvalue weighted by Crippen LogP contribution is 2.34. The molecule has 166 valence electrons. The van der Waals surface area contributed by atoms with Crippen molar-refractivity contribution in [3.63, 3.8) is 0 Å². The van der Waals surface area contributed by atoms with Crippen LogP contribution in [0.25, 0.3) is 10.2 Å². The van der Waals surface area contributed by atoms with Crippen molar-refractivity contribution >= 4 is 48.8 Å². The van der Waals surface area contributed by atoms with Gasteiger partial charge in [0, 0.05) is 26.1 Å². The second kappa shape index (κ2) is 8.73. The van der Waals surface area contributed by atoms with Gasteiger partial charge in [0.05, 0.1) is 14.2 Å². The fourth-order valence-electron chi connectivity index (χ4n) is 3.70. The second-order valence-electron chi connectivity index (χ2n) is 7.15. The van der Waals surface area contributed by atoms with Gasteiger partial charge in [-0.25, -0.2) is 8.42 Å². The van der Waals surface area contributed by atoms with Crippen LogP contribution in [0.15, 0.2) is 38.8 Å². The third-order valence-corrected chi connectivity index (χ3v) is 9.83. The fraction of sp³-hybridized carbons (Fsp3) is 0.400. The number of nitrogens with zero attached hydrogens (tertiary/aromatic N) is 3. The molecular weight excluding hydrogens is 458 g/mol. The Hall–Kier alpha value is -2.21. The van der Waals surface area contributed by atoms with Gasteiger partial charge in [0.2, 0.25) is 0 Å². The molecule has 1 fully saturated rings. The first-order valence-electron chi connectivity index (χ1n) is 9.69. The summed E-state index contributed by atoms with van der Waals surface area (Å²) in [7, 11) is 1.54. The summed E-state index contributed by atoms with van der Waals surface area (Å²) in [5.41, 5.74) is 0.815. The van der Waals surface area contributed by atoms with E-state index in [0.717, 1.165) is 10.2 Å². The van der Waals surface area contributed by atoms with Gasteiger partial charge in [-0.2, -0.15) is 9.30 Å². The zero-order chi connectivity index (χ0) is 22.2. The molecule has 1 aliphatic rings. The lowest BCUT2D eigenvalue weighted by Crippen LogP contribution is -2.40. The molecule has 0 saturated carbocycles. The molecule has 0 spiro atoms. The molecule has 0 radical (unpaired) electrons. The minimum atomic E-state index is -3.49. The number of rotatable bonds is 5. The Kier molecular flexibility index (Phi) is 6.20. The highest BCUT2D eigenvalue weighted by molar-refractivity contribution is 7.91. The number of ether oxygens (including phenoxy) is 2. The Morgan fingerprint density at radius 2 is 1.81 bits per heavy atom. The number of carbonyl (C=O) groups excluding carboxylic acids is 1. The van der Waals surface area contributed by atoms with Crippen molar-refractivity contribution < 1.29 is 22.7 Å². The average Bonchev–Trinajstić information content (AvgIpc) is 3.43. The lowest BCUT2D eigenvalue weighted by Gasteiger charge is -2.29. The van der Waals surface area contributed by atoms with Gasteiger partial charge in [0.15, 0.2) is 4.80 Å².